The fourth-order valence-corrected chi connectivity index (χ4v) is 2.48. The molecule has 0 aromatic heterocycles. The van der Waals surface area contributed by atoms with Crippen LogP contribution in [0.3, 0.4) is 0 Å². The summed E-state index contributed by atoms with van der Waals surface area (Å²) in [6.07, 6.45) is 0.516. The number of halogens is 1. The van der Waals surface area contributed by atoms with Crippen LogP contribution < -0.4 is 11.1 Å². The molecule has 0 heterocycles. The Kier molecular flexibility index (Phi) is 5.37. The fraction of sp³-hybridized carbons (Fsp3) is 0.235. The van der Waals surface area contributed by atoms with E-state index in [1.54, 1.807) is 0 Å². The van der Waals surface area contributed by atoms with Crippen molar-refractivity contribution in [1.82, 2.24) is 5.32 Å². The zero-order chi connectivity index (χ0) is 15.2. The molecular formula is C17H19ClN2O. The van der Waals surface area contributed by atoms with Gasteiger partial charge in [-0.05, 0) is 30.5 Å². The standard InChI is InChI=1S/C17H19ClN2O/c1-12(14-9-5-6-10-15(14)18)20-17(21)16(19)11-13-7-3-2-4-8-13/h2-10,12,16H,11,19H2,1H3,(H,20,21)/t12?,16-/m1/s1. The molecule has 1 unspecified atom stereocenters. The molecule has 4 heteroatoms. The zero-order valence-electron chi connectivity index (χ0n) is 11.9. The zero-order valence-corrected chi connectivity index (χ0v) is 12.7. The lowest BCUT2D eigenvalue weighted by Gasteiger charge is -2.19. The van der Waals surface area contributed by atoms with E-state index in [-0.39, 0.29) is 11.9 Å². The molecule has 0 saturated heterocycles. The van der Waals surface area contributed by atoms with Crippen molar-refractivity contribution in [3.63, 3.8) is 0 Å². The monoisotopic (exact) mass is 302 g/mol. The third-order valence-corrected chi connectivity index (χ3v) is 3.71. The van der Waals surface area contributed by atoms with Crippen LogP contribution in [-0.4, -0.2) is 11.9 Å². The van der Waals surface area contributed by atoms with Crippen molar-refractivity contribution in [2.24, 2.45) is 5.73 Å². The molecule has 0 fully saturated rings. The molecule has 0 saturated carbocycles. The third kappa shape index (κ3) is 4.31. The first-order chi connectivity index (χ1) is 10.1. The predicted octanol–water partition coefficient (Wildman–Crippen LogP) is 3.09. The van der Waals surface area contributed by atoms with Gasteiger partial charge in [0.05, 0.1) is 12.1 Å². The molecule has 3 nitrogen and oxygen atoms in total. The van der Waals surface area contributed by atoms with E-state index >= 15 is 0 Å². The largest absolute Gasteiger partial charge is 0.348 e. The van der Waals surface area contributed by atoms with Gasteiger partial charge in [-0.1, -0.05) is 60.1 Å². The second kappa shape index (κ2) is 7.25. The van der Waals surface area contributed by atoms with Gasteiger partial charge in [-0.3, -0.25) is 4.79 Å². The van der Waals surface area contributed by atoms with Gasteiger partial charge in [0.1, 0.15) is 0 Å². The van der Waals surface area contributed by atoms with E-state index in [4.69, 9.17) is 17.3 Å². The normalized spacial score (nSPS) is 13.5. The summed E-state index contributed by atoms with van der Waals surface area (Å²) in [5.41, 5.74) is 7.90. The van der Waals surface area contributed by atoms with E-state index in [2.05, 4.69) is 5.32 Å². The lowest BCUT2D eigenvalue weighted by Crippen LogP contribution is -2.43. The highest BCUT2D eigenvalue weighted by Gasteiger charge is 2.18. The first kappa shape index (κ1) is 15.5. The van der Waals surface area contributed by atoms with E-state index in [0.29, 0.717) is 11.4 Å². The molecule has 1 amide bonds. The van der Waals surface area contributed by atoms with Crippen molar-refractivity contribution >= 4 is 17.5 Å². The minimum Gasteiger partial charge on any atom is -0.348 e. The van der Waals surface area contributed by atoms with Crippen LogP contribution in [0.25, 0.3) is 0 Å². The molecule has 0 bridgehead atoms. The van der Waals surface area contributed by atoms with Gasteiger partial charge in [-0.2, -0.15) is 0 Å². The highest BCUT2D eigenvalue weighted by Crippen LogP contribution is 2.22. The number of carbonyl (C=O) groups is 1. The lowest BCUT2D eigenvalue weighted by atomic mass is 10.0. The lowest BCUT2D eigenvalue weighted by molar-refractivity contribution is -0.123. The van der Waals surface area contributed by atoms with Crippen molar-refractivity contribution in [2.45, 2.75) is 25.4 Å². The molecule has 0 aliphatic carbocycles. The smallest absolute Gasteiger partial charge is 0.237 e. The Balaban J connectivity index is 1.96. The average Bonchev–Trinajstić information content (AvgIpc) is 2.48. The fourth-order valence-electron chi connectivity index (χ4n) is 2.19. The third-order valence-electron chi connectivity index (χ3n) is 3.37. The van der Waals surface area contributed by atoms with Crippen LogP contribution in [0.5, 0.6) is 0 Å². The van der Waals surface area contributed by atoms with Crippen molar-refractivity contribution in [3.8, 4) is 0 Å². The van der Waals surface area contributed by atoms with Crippen molar-refractivity contribution < 1.29 is 4.79 Å². The van der Waals surface area contributed by atoms with Crippen LogP contribution in [0.1, 0.15) is 24.1 Å². The summed E-state index contributed by atoms with van der Waals surface area (Å²) in [6.45, 7) is 1.90. The summed E-state index contributed by atoms with van der Waals surface area (Å²) in [5.74, 6) is -0.175. The van der Waals surface area contributed by atoms with Crippen molar-refractivity contribution in [1.29, 1.82) is 0 Å². The first-order valence-corrected chi connectivity index (χ1v) is 7.30. The van der Waals surface area contributed by atoms with Gasteiger partial charge in [0.15, 0.2) is 0 Å². The molecule has 2 atom stereocenters. The number of hydrogen-bond acceptors (Lipinski definition) is 2. The number of rotatable bonds is 5. The number of nitrogens with one attached hydrogen (secondary N) is 1. The number of nitrogens with two attached hydrogens (primary N) is 1. The van der Waals surface area contributed by atoms with E-state index < -0.39 is 6.04 Å². The van der Waals surface area contributed by atoms with Crippen molar-refractivity contribution in [2.75, 3.05) is 0 Å². The van der Waals surface area contributed by atoms with E-state index in [1.807, 2.05) is 61.5 Å². The van der Waals surface area contributed by atoms with Gasteiger partial charge in [0.2, 0.25) is 5.91 Å². The van der Waals surface area contributed by atoms with Gasteiger partial charge in [0, 0.05) is 5.02 Å². The summed E-state index contributed by atoms with van der Waals surface area (Å²) < 4.78 is 0. The summed E-state index contributed by atoms with van der Waals surface area (Å²) in [7, 11) is 0. The van der Waals surface area contributed by atoms with Gasteiger partial charge >= 0.3 is 0 Å². The number of amides is 1. The molecule has 0 spiro atoms. The molecular weight excluding hydrogens is 284 g/mol. The summed E-state index contributed by atoms with van der Waals surface area (Å²) in [6, 6.07) is 16.5. The molecule has 110 valence electrons. The topological polar surface area (TPSA) is 55.1 Å². The van der Waals surface area contributed by atoms with Crippen LogP contribution in [0.4, 0.5) is 0 Å². The number of carbonyl (C=O) groups excluding carboxylic acids is 1. The average molecular weight is 303 g/mol. The second-order valence-corrected chi connectivity index (χ2v) is 5.46. The van der Waals surface area contributed by atoms with Crippen LogP contribution in [0.15, 0.2) is 54.6 Å². The Labute approximate surface area is 130 Å². The molecule has 0 aliphatic heterocycles. The summed E-state index contributed by atoms with van der Waals surface area (Å²) in [4.78, 5) is 12.2. The Morgan fingerprint density at radius 3 is 2.43 bits per heavy atom. The van der Waals surface area contributed by atoms with Crippen LogP contribution in [0, 0.1) is 0 Å². The highest BCUT2D eigenvalue weighted by atomic mass is 35.5. The number of hydrogen-bond donors (Lipinski definition) is 2. The SMILES string of the molecule is CC(NC(=O)[C@H](N)Cc1ccccc1)c1ccccc1Cl. The summed E-state index contributed by atoms with van der Waals surface area (Å²) in [5, 5.41) is 3.55. The maximum absolute atomic E-state index is 12.2. The maximum Gasteiger partial charge on any atom is 0.237 e. The van der Waals surface area contributed by atoms with Gasteiger partial charge in [-0.15, -0.1) is 0 Å². The molecule has 21 heavy (non-hydrogen) atoms. The van der Waals surface area contributed by atoms with Crippen LogP contribution in [0.2, 0.25) is 5.02 Å². The molecule has 2 aromatic rings. The molecule has 0 aliphatic rings. The van der Waals surface area contributed by atoms with E-state index in [0.717, 1.165) is 11.1 Å². The highest BCUT2D eigenvalue weighted by molar-refractivity contribution is 6.31. The molecule has 3 N–H and O–H groups in total. The Morgan fingerprint density at radius 2 is 1.76 bits per heavy atom. The quantitative estimate of drug-likeness (QED) is 0.892. The molecule has 0 radical (unpaired) electrons. The minimum absolute atomic E-state index is 0.173. The minimum atomic E-state index is -0.572. The number of benzene rings is 2. The Bertz CT molecular complexity index is 601. The van der Waals surface area contributed by atoms with Gasteiger partial charge in [0.25, 0.3) is 0 Å². The van der Waals surface area contributed by atoms with Crippen molar-refractivity contribution in [3.05, 3.63) is 70.7 Å². The molecule has 2 aromatic carbocycles. The molecule has 2 rings (SSSR count). The maximum atomic E-state index is 12.2. The van der Waals surface area contributed by atoms with E-state index in [9.17, 15) is 4.79 Å². The van der Waals surface area contributed by atoms with Gasteiger partial charge in [-0.25, -0.2) is 0 Å². The van der Waals surface area contributed by atoms with Crippen LogP contribution in [-0.2, 0) is 11.2 Å². The Morgan fingerprint density at radius 1 is 1.14 bits per heavy atom. The van der Waals surface area contributed by atoms with E-state index in [1.165, 1.54) is 0 Å². The first-order valence-electron chi connectivity index (χ1n) is 6.92. The summed E-state index contributed by atoms with van der Waals surface area (Å²) >= 11 is 6.13. The Hall–Kier alpha value is -1.84. The van der Waals surface area contributed by atoms with Gasteiger partial charge < -0.3 is 11.1 Å². The van der Waals surface area contributed by atoms with Crippen LogP contribution >= 0.6 is 11.6 Å². The second-order valence-electron chi connectivity index (χ2n) is 5.05. The predicted molar refractivity (Wildman–Crippen MR) is 86.1 cm³/mol.